The Morgan fingerprint density at radius 3 is 2.03 bits per heavy atom. The smallest absolute Gasteiger partial charge is 0.375 e. The van der Waals surface area contributed by atoms with Gasteiger partial charge in [0.1, 0.15) is 5.58 Å². The summed E-state index contributed by atoms with van der Waals surface area (Å²) in [5.41, 5.74) is 4.52. The zero-order valence-electron chi connectivity index (χ0n) is 17.1. The third-order valence-electron chi connectivity index (χ3n) is 5.21. The molecule has 4 heteroatoms. The molecule has 0 aliphatic heterocycles. The van der Waals surface area contributed by atoms with Crippen molar-refractivity contribution >= 4 is 22.7 Å². The van der Waals surface area contributed by atoms with E-state index in [2.05, 4.69) is 0 Å². The van der Waals surface area contributed by atoms with Crippen LogP contribution in [0.1, 0.15) is 49.3 Å². The van der Waals surface area contributed by atoms with E-state index in [9.17, 15) is 9.59 Å². The van der Waals surface area contributed by atoms with E-state index in [1.54, 1.807) is 18.2 Å². The lowest BCUT2D eigenvalue weighted by Gasteiger charge is -2.17. The van der Waals surface area contributed by atoms with Gasteiger partial charge in [0.2, 0.25) is 11.5 Å². The first kappa shape index (κ1) is 19.6. The molecule has 1 aromatic heterocycles. The number of furan rings is 1. The predicted molar refractivity (Wildman–Crippen MR) is 116 cm³/mol. The minimum Gasteiger partial charge on any atom is -0.449 e. The summed E-state index contributed by atoms with van der Waals surface area (Å²) in [6, 6.07) is 22.1. The van der Waals surface area contributed by atoms with E-state index in [4.69, 9.17) is 9.15 Å². The molecule has 0 radical (unpaired) electrons. The van der Waals surface area contributed by atoms with Crippen molar-refractivity contribution in [2.45, 2.75) is 26.9 Å². The van der Waals surface area contributed by atoms with E-state index in [1.165, 1.54) is 0 Å². The number of aryl methyl sites for hydroxylation is 3. The average Bonchev–Trinajstić information content (AvgIpc) is 3.10. The van der Waals surface area contributed by atoms with Crippen LogP contribution in [-0.4, -0.2) is 11.8 Å². The monoisotopic (exact) mass is 398 g/mol. The third kappa shape index (κ3) is 3.77. The molecule has 0 saturated heterocycles. The van der Waals surface area contributed by atoms with Gasteiger partial charge in [-0.1, -0.05) is 77.9 Å². The molecule has 0 N–H and O–H groups in total. The number of fused-ring (bicyclic) bond motifs is 1. The molecule has 0 aliphatic rings. The molecule has 150 valence electrons. The molecule has 1 atom stereocenters. The van der Waals surface area contributed by atoms with E-state index in [0.29, 0.717) is 22.3 Å². The molecule has 0 bridgehead atoms. The Kier molecular flexibility index (Phi) is 5.23. The maximum Gasteiger partial charge on any atom is 0.375 e. The fourth-order valence-electron chi connectivity index (χ4n) is 3.41. The van der Waals surface area contributed by atoms with Gasteiger partial charge >= 0.3 is 5.97 Å². The van der Waals surface area contributed by atoms with Crippen molar-refractivity contribution in [1.82, 2.24) is 0 Å². The first-order valence-corrected chi connectivity index (χ1v) is 9.80. The molecule has 0 aliphatic carbocycles. The Hall–Kier alpha value is -3.66. The van der Waals surface area contributed by atoms with E-state index in [0.717, 1.165) is 16.5 Å². The maximum atomic E-state index is 13.3. The van der Waals surface area contributed by atoms with Crippen LogP contribution in [0.15, 0.2) is 77.2 Å². The molecule has 1 heterocycles. The minimum absolute atomic E-state index is 0.116. The van der Waals surface area contributed by atoms with Crippen LogP contribution in [-0.2, 0) is 4.74 Å². The lowest BCUT2D eigenvalue weighted by molar-refractivity contribution is 0.0252. The first-order chi connectivity index (χ1) is 14.4. The first-order valence-electron chi connectivity index (χ1n) is 9.80. The number of carbonyl (C=O) groups excluding carboxylic acids is 2. The van der Waals surface area contributed by atoms with Gasteiger partial charge in [-0.3, -0.25) is 4.79 Å². The van der Waals surface area contributed by atoms with E-state index in [1.807, 2.05) is 75.4 Å². The minimum atomic E-state index is -1.06. The molecule has 0 fully saturated rings. The van der Waals surface area contributed by atoms with Gasteiger partial charge in [-0.05, 0) is 26.8 Å². The number of hydrogen-bond donors (Lipinski definition) is 0. The van der Waals surface area contributed by atoms with Crippen LogP contribution in [0.3, 0.4) is 0 Å². The summed E-state index contributed by atoms with van der Waals surface area (Å²) in [5, 5.41) is 0.848. The van der Waals surface area contributed by atoms with Crippen LogP contribution in [0, 0.1) is 20.8 Å². The second-order valence-corrected chi connectivity index (χ2v) is 7.48. The lowest BCUT2D eigenvalue weighted by Crippen LogP contribution is -2.20. The van der Waals surface area contributed by atoms with Crippen molar-refractivity contribution < 1.29 is 18.7 Å². The van der Waals surface area contributed by atoms with Gasteiger partial charge < -0.3 is 9.15 Å². The van der Waals surface area contributed by atoms with Crippen LogP contribution in [0.25, 0.3) is 11.0 Å². The second-order valence-electron chi connectivity index (χ2n) is 7.48. The molecule has 4 aromatic rings. The SMILES string of the molecule is Cc1ccc(C(=O)[C@H](OC(=O)c2oc3ccccc3c2C)c2ccc(C)cc2)cc1. The molecule has 0 amide bonds. The summed E-state index contributed by atoms with van der Waals surface area (Å²) in [7, 11) is 0. The Morgan fingerprint density at radius 1 is 0.800 bits per heavy atom. The summed E-state index contributed by atoms with van der Waals surface area (Å²) in [4.78, 5) is 26.3. The highest BCUT2D eigenvalue weighted by Crippen LogP contribution is 2.29. The quantitative estimate of drug-likeness (QED) is 0.299. The van der Waals surface area contributed by atoms with Crippen molar-refractivity contribution in [3.63, 3.8) is 0 Å². The normalized spacial score (nSPS) is 12.0. The van der Waals surface area contributed by atoms with Crippen LogP contribution < -0.4 is 0 Å². The average molecular weight is 398 g/mol. The molecule has 4 nitrogen and oxygen atoms in total. The highest BCUT2D eigenvalue weighted by molar-refractivity contribution is 6.03. The van der Waals surface area contributed by atoms with Gasteiger partial charge in [-0.25, -0.2) is 4.79 Å². The van der Waals surface area contributed by atoms with Gasteiger partial charge in [0.05, 0.1) is 0 Å². The van der Waals surface area contributed by atoms with Gasteiger partial charge in [0, 0.05) is 22.1 Å². The summed E-state index contributed by atoms with van der Waals surface area (Å²) < 4.78 is 11.5. The molecule has 4 rings (SSSR count). The second kappa shape index (κ2) is 7.99. The van der Waals surface area contributed by atoms with E-state index in [-0.39, 0.29) is 11.5 Å². The highest BCUT2D eigenvalue weighted by atomic mass is 16.6. The molecule has 3 aromatic carbocycles. The molecule has 0 unspecified atom stereocenters. The Labute approximate surface area is 175 Å². The lowest BCUT2D eigenvalue weighted by atomic mass is 9.98. The number of Topliss-reactive ketones (excluding diaryl/α,β-unsaturated/α-hetero) is 1. The van der Waals surface area contributed by atoms with E-state index < -0.39 is 12.1 Å². The molecular formula is C26H22O4. The van der Waals surface area contributed by atoms with Crippen molar-refractivity contribution in [3.8, 4) is 0 Å². The zero-order chi connectivity index (χ0) is 21.3. The number of esters is 1. The van der Waals surface area contributed by atoms with Crippen LogP contribution in [0.4, 0.5) is 0 Å². The fraction of sp³-hybridized carbons (Fsp3) is 0.154. The maximum absolute atomic E-state index is 13.3. The van der Waals surface area contributed by atoms with Gasteiger partial charge in [0.25, 0.3) is 0 Å². The Balaban J connectivity index is 1.70. The van der Waals surface area contributed by atoms with Gasteiger partial charge in [-0.2, -0.15) is 0 Å². The Bertz CT molecular complexity index is 1210. The number of ether oxygens (including phenoxy) is 1. The van der Waals surface area contributed by atoms with Crippen LogP contribution >= 0.6 is 0 Å². The molecule has 0 saturated carbocycles. The van der Waals surface area contributed by atoms with Crippen LogP contribution in [0.2, 0.25) is 0 Å². The third-order valence-corrected chi connectivity index (χ3v) is 5.21. The largest absolute Gasteiger partial charge is 0.449 e. The number of benzene rings is 3. The molecular weight excluding hydrogens is 376 g/mol. The zero-order valence-corrected chi connectivity index (χ0v) is 17.1. The molecule has 0 spiro atoms. The van der Waals surface area contributed by atoms with E-state index >= 15 is 0 Å². The standard InChI is InChI=1S/C26H22O4/c1-16-8-12-19(13-9-16)23(27)25(20-14-10-17(2)11-15-20)30-26(28)24-18(3)21-6-4-5-7-22(21)29-24/h4-15,25H,1-3H3/t25-/m1/s1. The fourth-order valence-corrected chi connectivity index (χ4v) is 3.41. The van der Waals surface area contributed by atoms with Gasteiger partial charge in [0.15, 0.2) is 6.10 Å². The summed E-state index contributed by atoms with van der Waals surface area (Å²) in [6.07, 6.45) is -1.06. The number of ketones is 1. The summed E-state index contributed by atoms with van der Waals surface area (Å²) in [5.74, 6) is -0.819. The molecule has 30 heavy (non-hydrogen) atoms. The Morgan fingerprint density at radius 2 is 1.40 bits per heavy atom. The predicted octanol–water partition coefficient (Wildman–Crippen LogP) is 6.14. The number of hydrogen-bond acceptors (Lipinski definition) is 4. The van der Waals surface area contributed by atoms with Crippen molar-refractivity contribution in [3.05, 3.63) is 106 Å². The topological polar surface area (TPSA) is 56.5 Å². The van der Waals surface area contributed by atoms with Crippen molar-refractivity contribution in [1.29, 1.82) is 0 Å². The number of carbonyl (C=O) groups is 2. The van der Waals surface area contributed by atoms with Crippen molar-refractivity contribution in [2.24, 2.45) is 0 Å². The van der Waals surface area contributed by atoms with Crippen LogP contribution in [0.5, 0.6) is 0 Å². The number of para-hydroxylation sites is 1. The van der Waals surface area contributed by atoms with Gasteiger partial charge in [-0.15, -0.1) is 0 Å². The van der Waals surface area contributed by atoms with Crippen molar-refractivity contribution in [2.75, 3.05) is 0 Å². The summed E-state index contributed by atoms with van der Waals surface area (Å²) >= 11 is 0. The summed E-state index contributed by atoms with van der Waals surface area (Å²) in [6.45, 7) is 5.73. The number of rotatable bonds is 5. The highest BCUT2D eigenvalue weighted by Gasteiger charge is 2.29.